The van der Waals surface area contributed by atoms with Crippen molar-refractivity contribution in [2.24, 2.45) is 0 Å². The first kappa shape index (κ1) is 11.5. The highest BCUT2D eigenvalue weighted by Crippen LogP contribution is 2.24. The van der Waals surface area contributed by atoms with E-state index < -0.39 is 11.6 Å². The van der Waals surface area contributed by atoms with Crippen molar-refractivity contribution in [2.45, 2.75) is 13.3 Å². The van der Waals surface area contributed by atoms with Gasteiger partial charge in [-0.05, 0) is 31.2 Å². The summed E-state index contributed by atoms with van der Waals surface area (Å²) in [5, 5.41) is 0. The van der Waals surface area contributed by atoms with E-state index in [4.69, 9.17) is 4.42 Å². The van der Waals surface area contributed by atoms with Crippen LogP contribution in [0, 0.1) is 11.6 Å². The lowest BCUT2D eigenvalue weighted by atomic mass is 10.1. The SMILES string of the molecule is CC(=O)Cc1ccc(-c2cc(F)cc(F)c2)o1. The third kappa shape index (κ3) is 2.78. The number of halogens is 2. The number of Topliss-reactive ketones (excluding diaryl/α,β-unsaturated/α-hetero) is 1. The molecule has 0 radical (unpaired) electrons. The van der Waals surface area contributed by atoms with Crippen LogP contribution in [0.3, 0.4) is 0 Å². The summed E-state index contributed by atoms with van der Waals surface area (Å²) >= 11 is 0. The number of rotatable bonds is 3. The molecule has 0 unspecified atom stereocenters. The van der Waals surface area contributed by atoms with E-state index >= 15 is 0 Å². The van der Waals surface area contributed by atoms with Crippen molar-refractivity contribution in [3.05, 3.63) is 47.7 Å². The number of benzene rings is 1. The van der Waals surface area contributed by atoms with E-state index in [-0.39, 0.29) is 12.2 Å². The summed E-state index contributed by atoms with van der Waals surface area (Å²) in [4.78, 5) is 10.9. The fourth-order valence-corrected chi connectivity index (χ4v) is 1.57. The zero-order chi connectivity index (χ0) is 12.4. The Labute approximate surface area is 96.9 Å². The van der Waals surface area contributed by atoms with Gasteiger partial charge in [0.15, 0.2) is 0 Å². The lowest BCUT2D eigenvalue weighted by molar-refractivity contribution is -0.116. The second-order valence-electron chi connectivity index (χ2n) is 3.80. The van der Waals surface area contributed by atoms with Crippen LogP contribution in [0.1, 0.15) is 12.7 Å². The predicted octanol–water partition coefficient (Wildman–Crippen LogP) is 3.36. The second-order valence-corrected chi connectivity index (χ2v) is 3.80. The molecule has 1 heterocycles. The third-order valence-corrected chi connectivity index (χ3v) is 2.23. The Morgan fingerprint density at radius 3 is 2.41 bits per heavy atom. The highest BCUT2D eigenvalue weighted by Gasteiger charge is 2.09. The van der Waals surface area contributed by atoms with Crippen molar-refractivity contribution in [3.63, 3.8) is 0 Å². The molecule has 0 bridgehead atoms. The van der Waals surface area contributed by atoms with Gasteiger partial charge >= 0.3 is 0 Å². The lowest BCUT2D eigenvalue weighted by Gasteiger charge is -1.98. The molecule has 17 heavy (non-hydrogen) atoms. The molecule has 88 valence electrons. The monoisotopic (exact) mass is 236 g/mol. The molecule has 0 amide bonds. The molecule has 0 spiro atoms. The van der Waals surface area contributed by atoms with Gasteiger partial charge in [0.25, 0.3) is 0 Å². The van der Waals surface area contributed by atoms with Crippen LogP contribution in [0.15, 0.2) is 34.7 Å². The summed E-state index contributed by atoms with van der Waals surface area (Å²) in [5.74, 6) is -0.526. The summed E-state index contributed by atoms with van der Waals surface area (Å²) in [6.45, 7) is 1.45. The number of hydrogen-bond donors (Lipinski definition) is 0. The quantitative estimate of drug-likeness (QED) is 0.818. The fraction of sp³-hybridized carbons (Fsp3) is 0.154. The molecule has 2 nitrogen and oxygen atoms in total. The Bertz CT molecular complexity index is 538. The van der Waals surface area contributed by atoms with Gasteiger partial charge in [0, 0.05) is 11.6 Å². The smallest absolute Gasteiger partial charge is 0.137 e. The third-order valence-electron chi connectivity index (χ3n) is 2.23. The molecule has 0 N–H and O–H groups in total. The number of ketones is 1. The Morgan fingerprint density at radius 2 is 1.82 bits per heavy atom. The number of hydrogen-bond acceptors (Lipinski definition) is 2. The number of carbonyl (C=O) groups is 1. The molecule has 0 saturated carbocycles. The van der Waals surface area contributed by atoms with Crippen molar-refractivity contribution in [2.75, 3.05) is 0 Å². The van der Waals surface area contributed by atoms with Gasteiger partial charge in [-0.15, -0.1) is 0 Å². The van der Waals surface area contributed by atoms with Crippen molar-refractivity contribution < 1.29 is 18.0 Å². The summed E-state index contributed by atoms with van der Waals surface area (Å²) in [7, 11) is 0. The van der Waals surface area contributed by atoms with E-state index in [1.807, 2.05) is 0 Å². The molecular weight excluding hydrogens is 226 g/mol. The lowest BCUT2D eigenvalue weighted by Crippen LogP contribution is -1.93. The Hall–Kier alpha value is -1.97. The topological polar surface area (TPSA) is 30.2 Å². The van der Waals surface area contributed by atoms with E-state index in [1.165, 1.54) is 19.1 Å². The van der Waals surface area contributed by atoms with E-state index in [1.54, 1.807) is 12.1 Å². The van der Waals surface area contributed by atoms with E-state index in [0.29, 0.717) is 17.1 Å². The van der Waals surface area contributed by atoms with Crippen LogP contribution in [0.25, 0.3) is 11.3 Å². The fourth-order valence-electron chi connectivity index (χ4n) is 1.57. The average molecular weight is 236 g/mol. The van der Waals surface area contributed by atoms with Crippen LogP contribution in [-0.4, -0.2) is 5.78 Å². The molecule has 0 aliphatic rings. The first-order valence-corrected chi connectivity index (χ1v) is 5.09. The maximum Gasteiger partial charge on any atom is 0.137 e. The number of carbonyl (C=O) groups excluding carboxylic acids is 1. The van der Waals surface area contributed by atoms with Crippen molar-refractivity contribution in [3.8, 4) is 11.3 Å². The van der Waals surface area contributed by atoms with Gasteiger partial charge in [0.2, 0.25) is 0 Å². The van der Waals surface area contributed by atoms with Gasteiger partial charge in [-0.25, -0.2) is 8.78 Å². The van der Waals surface area contributed by atoms with Crippen molar-refractivity contribution in [1.29, 1.82) is 0 Å². The van der Waals surface area contributed by atoms with Crippen LogP contribution < -0.4 is 0 Å². The number of furan rings is 1. The molecule has 2 rings (SSSR count). The molecule has 0 saturated heterocycles. The molecule has 0 aliphatic carbocycles. The van der Waals surface area contributed by atoms with Crippen LogP contribution in [0.4, 0.5) is 8.78 Å². The summed E-state index contributed by atoms with van der Waals surface area (Å²) in [5.41, 5.74) is 0.317. The predicted molar refractivity (Wildman–Crippen MR) is 58.4 cm³/mol. The molecule has 2 aromatic rings. The normalized spacial score (nSPS) is 10.5. The van der Waals surface area contributed by atoms with Crippen molar-refractivity contribution in [1.82, 2.24) is 0 Å². The summed E-state index contributed by atoms with van der Waals surface area (Å²) in [6, 6.07) is 6.37. The minimum Gasteiger partial charge on any atom is -0.461 e. The van der Waals surface area contributed by atoms with E-state index in [2.05, 4.69) is 0 Å². The summed E-state index contributed by atoms with van der Waals surface area (Å²) < 4.78 is 31.3. The van der Waals surface area contributed by atoms with E-state index in [9.17, 15) is 13.6 Å². The van der Waals surface area contributed by atoms with Gasteiger partial charge in [0.1, 0.15) is 28.9 Å². The van der Waals surface area contributed by atoms with Gasteiger partial charge in [0.05, 0.1) is 6.42 Å². The maximum atomic E-state index is 13.0. The van der Waals surface area contributed by atoms with Crippen LogP contribution in [-0.2, 0) is 11.2 Å². The van der Waals surface area contributed by atoms with Gasteiger partial charge in [-0.1, -0.05) is 0 Å². The Balaban J connectivity index is 2.33. The largest absolute Gasteiger partial charge is 0.461 e. The highest BCUT2D eigenvalue weighted by atomic mass is 19.1. The van der Waals surface area contributed by atoms with Crippen LogP contribution in [0.2, 0.25) is 0 Å². The van der Waals surface area contributed by atoms with E-state index in [0.717, 1.165) is 6.07 Å². The first-order chi connectivity index (χ1) is 8.04. The average Bonchev–Trinajstić information content (AvgIpc) is 2.63. The van der Waals surface area contributed by atoms with Crippen LogP contribution >= 0.6 is 0 Å². The van der Waals surface area contributed by atoms with Gasteiger partial charge in [-0.3, -0.25) is 4.79 Å². The molecule has 0 aliphatic heterocycles. The van der Waals surface area contributed by atoms with Gasteiger partial charge in [-0.2, -0.15) is 0 Å². The molecule has 1 aromatic heterocycles. The zero-order valence-electron chi connectivity index (χ0n) is 9.17. The first-order valence-electron chi connectivity index (χ1n) is 5.09. The molecule has 4 heteroatoms. The second kappa shape index (κ2) is 4.49. The summed E-state index contributed by atoms with van der Waals surface area (Å²) in [6.07, 6.45) is 0.178. The van der Waals surface area contributed by atoms with Gasteiger partial charge < -0.3 is 4.42 Å². The minimum absolute atomic E-state index is 0.0312. The Kier molecular flexibility index (Phi) is 3.04. The Morgan fingerprint density at radius 1 is 1.18 bits per heavy atom. The maximum absolute atomic E-state index is 13.0. The molecule has 1 aromatic carbocycles. The molecule has 0 fully saturated rings. The minimum atomic E-state index is -0.662. The molecular formula is C13H10F2O2. The van der Waals surface area contributed by atoms with Crippen molar-refractivity contribution >= 4 is 5.78 Å². The zero-order valence-corrected chi connectivity index (χ0v) is 9.17. The standard InChI is InChI=1S/C13H10F2O2/c1-8(16)4-12-2-3-13(17-12)9-5-10(14)7-11(15)6-9/h2-3,5-7H,4H2,1H3. The molecule has 0 atom stereocenters. The van der Waals surface area contributed by atoms with Crippen LogP contribution in [0.5, 0.6) is 0 Å². The highest BCUT2D eigenvalue weighted by molar-refractivity contribution is 5.77.